The highest BCUT2D eigenvalue weighted by molar-refractivity contribution is 7.88. The van der Waals surface area contributed by atoms with Gasteiger partial charge in [-0.15, -0.1) is 4.40 Å². The Hall–Kier alpha value is -3.29. The number of amides is 1. The summed E-state index contributed by atoms with van der Waals surface area (Å²) < 4.78 is 56.1. The number of rotatable bonds is 3. The third-order valence-electron chi connectivity index (χ3n) is 3.95. The number of carbonyl (C=O) groups is 1. The van der Waals surface area contributed by atoms with E-state index >= 15 is 0 Å². The zero-order valence-electron chi connectivity index (χ0n) is 14.6. The lowest BCUT2D eigenvalue weighted by atomic mass is 10.1. The molecule has 0 radical (unpaired) electrons. The molecule has 148 valence electrons. The van der Waals surface area contributed by atoms with Gasteiger partial charge in [0.1, 0.15) is 17.3 Å². The van der Waals surface area contributed by atoms with Crippen molar-refractivity contribution in [2.75, 3.05) is 12.4 Å². The number of halogens is 3. The van der Waals surface area contributed by atoms with E-state index in [1.807, 2.05) is 0 Å². The van der Waals surface area contributed by atoms with E-state index in [2.05, 4.69) is 14.6 Å². The van der Waals surface area contributed by atoms with E-state index < -0.39 is 27.8 Å². The molecule has 0 aromatic heterocycles. The smallest absolute Gasteiger partial charge is 0.321 e. The molecule has 11 heteroatoms. The molecule has 1 N–H and O–H groups in total. The molecule has 2 aromatic rings. The van der Waals surface area contributed by atoms with Crippen LogP contribution in [0.4, 0.5) is 20.2 Å². The predicted molar refractivity (Wildman–Crippen MR) is 104 cm³/mol. The van der Waals surface area contributed by atoms with Gasteiger partial charge in [-0.05, 0) is 30.3 Å². The van der Waals surface area contributed by atoms with Crippen molar-refractivity contribution in [1.82, 2.24) is 4.31 Å². The summed E-state index contributed by atoms with van der Waals surface area (Å²) >= 11 is 5.68. The molecule has 0 saturated heterocycles. The first-order chi connectivity index (χ1) is 13.6. The first-order valence-corrected chi connectivity index (χ1v) is 9.64. The summed E-state index contributed by atoms with van der Waals surface area (Å²) in [6.07, 6.45) is 1.16. The van der Waals surface area contributed by atoms with Crippen molar-refractivity contribution in [3.63, 3.8) is 0 Å². The fraction of sp³-hybridized carbons (Fsp3) is 0.0556. The van der Waals surface area contributed by atoms with E-state index in [9.17, 15) is 22.0 Å². The lowest BCUT2D eigenvalue weighted by Crippen LogP contribution is -2.35. The van der Waals surface area contributed by atoms with E-state index in [1.165, 1.54) is 24.3 Å². The minimum Gasteiger partial charge on any atom is -0.321 e. The Morgan fingerprint density at radius 2 is 1.93 bits per heavy atom. The number of hydrogen-bond donors (Lipinski definition) is 1. The van der Waals surface area contributed by atoms with Crippen LogP contribution in [-0.2, 0) is 15.0 Å². The van der Waals surface area contributed by atoms with Crippen molar-refractivity contribution in [3.8, 4) is 0 Å². The van der Waals surface area contributed by atoms with Crippen molar-refractivity contribution in [1.29, 1.82) is 0 Å². The van der Waals surface area contributed by atoms with Gasteiger partial charge in [0.2, 0.25) is 5.69 Å². The van der Waals surface area contributed by atoms with Crippen LogP contribution in [0.15, 0.2) is 52.6 Å². The Bertz CT molecular complexity index is 1240. The summed E-state index contributed by atoms with van der Waals surface area (Å²) in [7, 11) is -3.14. The van der Waals surface area contributed by atoms with Gasteiger partial charge in [-0.1, -0.05) is 23.7 Å². The number of benzene rings is 2. The van der Waals surface area contributed by atoms with E-state index in [0.29, 0.717) is 4.31 Å². The monoisotopic (exact) mass is 436 g/mol. The molecule has 3 rings (SSSR count). The van der Waals surface area contributed by atoms with Gasteiger partial charge < -0.3 is 5.32 Å². The molecule has 0 unspecified atom stereocenters. The summed E-state index contributed by atoms with van der Waals surface area (Å²) in [6.45, 7) is 6.87. The van der Waals surface area contributed by atoms with E-state index in [4.69, 9.17) is 18.2 Å². The molecule has 1 amide bonds. The predicted octanol–water partition coefficient (Wildman–Crippen LogP) is 3.67. The Labute approximate surface area is 169 Å². The number of anilines is 1. The summed E-state index contributed by atoms with van der Waals surface area (Å²) in [6, 6.07) is 6.92. The summed E-state index contributed by atoms with van der Waals surface area (Å²) in [5.41, 5.74) is -0.502. The Kier molecular flexibility index (Phi) is 5.37. The zero-order valence-corrected chi connectivity index (χ0v) is 16.2. The van der Waals surface area contributed by atoms with Gasteiger partial charge in [0, 0.05) is 18.3 Å². The Balaban J connectivity index is 1.99. The van der Waals surface area contributed by atoms with E-state index in [0.717, 1.165) is 25.3 Å². The highest BCUT2D eigenvalue weighted by atomic mass is 35.5. The van der Waals surface area contributed by atoms with Gasteiger partial charge >= 0.3 is 10.2 Å². The van der Waals surface area contributed by atoms with Crippen LogP contribution in [0.25, 0.3) is 4.85 Å². The Morgan fingerprint density at radius 1 is 1.21 bits per heavy atom. The van der Waals surface area contributed by atoms with Gasteiger partial charge in [-0.25, -0.2) is 17.9 Å². The molecular weight excluding hydrogens is 426 g/mol. The van der Waals surface area contributed by atoms with Crippen molar-refractivity contribution < 1.29 is 22.0 Å². The molecule has 0 saturated carbocycles. The normalized spacial score (nSPS) is 15.2. The van der Waals surface area contributed by atoms with Crippen LogP contribution >= 0.6 is 11.6 Å². The van der Waals surface area contributed by atoms with Gasteiger partial charge in [-0.2, -0.15) is 8.42 Å². The molecule has 1 aliphatic rings. The fourth-order valence-electron chi connectivity index (χ4n) is 2.43. The summed E-state index contributed by atoms with van der Waals surface area (Å²) in [5.74, 6) is -2.36. The van der Waals surface area contributed by atoms with Crippen molar-refractivity contribution in [2.45, 2.75) is 0 Å². The molecule has 0 bridgehead atoms. The number of nitrogens with zero attached hydrogens (tertiary/aromatic N) is 3. The molecule has 7 nitrogen and oxygen atoms in total. The molecule has 29 heavy (non-hydrogen) atoms. The highest BCUT2D eigenvalue weighted by Crippen LogP contribution is 2.25. The first-order valence-electron chi connectivity index (χ1n) is 7.86. The standard InChI is InChI=1S/C18H11ClF2N4O3S/c1-22-15-6-3-10(7-14(15)21)16-9-17(25(2)29(27,28)24-16)18(26)23-11-4-5-13(20)12(19)8-11/h3-9H,2H3,(H,23,26). The quantitative estimate of drug-likeness (QED) is 0.745. The van der Waals surface area contributed by atoms with Crippen LogP contribution in [0.5, 0.6) is 0 Å². The Morgan fingerprint density at radius 3 is 2.55 bits per heavy atom. The average molecular weight is 437 g/mol. The topological polar surface area (TPSA) is 83.2 Å². The van der Waals surface area contributed by atoms with Crippen LogP contribution in [-0.4, -0.2) is 31.4 Å². The van der Waals surface area contributed by atoms with Crippen LogP contribution in [0.1, 0.15) is 5.56 Å². The van der Waals surface area contributed by atoms with Crippen molar-refractivity contribution >= 4 is 44.8 Å². The SMILES string of the molecule is [C-]#[N+]c1ccc(C2=NS(=O)(=O)N(C)C(C(=O)Nc3ccc(F)c(Cl)c3)=C2)cc1F. The fourth-order valence-corrected chi connectivity index (χ4v) is 3.52. The highest BCUT2D eigenvalue weighted by Gasteiger charge is 2.30. The first kappa shape index (κ1) is 20.4. The number of nitrogens with one attached hydrogen (secondary N) is 1. The van der Waals surface area contributed by atoms with Crippen LogP contribution in [0, 0.1) is 18.2 Å². The van der Waals surface area contributed by atoms with E-state index in [1.54, 1.807) is 0 Å². The van der Waals surface area contributed by atoms with Crippen LogP contribution in [0.3, 0.4) is 0 Å². The maximum atomic E-state index is 13.9. The maximum Gasteiger partial charge on any atom is 0.345 e. The molecular formula is C18H11ClF2N4O3S. The molecule has 0 fully saturated rings. The lowest BCUT2D eigenvalue weighted by molar-refractivity contribution is -0.113. The third kappa shape index (κ3) is 4.11. The van der Waals surface area contributed by atoms with Gasteiger partial charge in [0.05, 0.1) is 17.3 Å². The lowest BCUT2D eigenvalue weighted by Gasteiger charge is -2.23. The minimum absolute atomic E-state index is 0.0710. The number of hydrogen-bond acceptors (Lipinski definition) is 3. The molecule has 1 heterocycles. The molecule has 0 aliphatic carbocycles. The molecule has 0 spiro atoms. The van der Waals surface area contributed by atoms with Crippen LogP contribution < -0.4 is 5.32 Å². The third-order valence-corrected chi connectivity index (χ3v) is 5.55. The molecule has 2 aromatic carbocycles. The van der Waals surface area contributed by atoms with Gasteiger partial charge in [0.25, 0.3) is 5.91 Å². The molecule has 1 aliphatic heterocycles. The largest absolute Gasteiger partial charge is 0.345 e. The summed E-state index contributed by atoms with van der Waals surface area (Å²) in [5, 5.41) is 2.19. The maximum absolute atomic E-state index is 13.9. The van der Waals surface area contributed by atoms with Gasteiger partial charge in [0.15, 0.2) is 0 Å². The minimum atomic E-state index is -4.27. The van der Waals surface area contributed by atoms with E-state index in [-0.39, 0.29) is 33.4 Å². The van der Waals surface area contributed by atoms with Crippen molar-refractivity contribution in [3.05, 3.63) is 81.8 Å². The van der Waals surface area contributed by atoms with Gasteiger partial charge in [-0.3, -0.25) is 4.79 Å². The number of allylic oxidation sites excluding steroid dienone is 1. The van der Waals surface area contributed by atoms with Crippen molar-refractivity contribution in [2.24, 2.45) is 4.40 Å². The summed E-state index contributed by atoms with van der Waals surface area (Å²) in [4.78, 5) is 15.6. The average Bonchev–Trinajstić information content (AvgIpc) is 2.66. The molecule has 0 atom stereocenters. The van der Waals surface area contributed by atoms with Crippen LogP contribution in [0.2, 0.25) is 5.02 Å². The number of likely N-dealkylation sites (N-methyl/N-ethyl adjacent to an activating group) is 1. The zero-order chi connectivity index (χ0) is 21.3. The second-order valence-electron chi connectivity index (χ2n) is 5.81. The number of carbonyl (C=O) groups excluding carboxylic acids is 1. The second-order valence-corrected chi connectivity index (χ2v) is 7.85. The second kappa shape index (κ2) is 7.62.